The Balaban J connectivity index is 3.21. The summed E-state index contributed by atoms with van der Waals surface area (Å²) in [6, 6.07) is -1.86. The fourth-order valence-corrected chi connectivity index (χ4v) is 2.12. The van der Waals surface area contributed by atoms with E-state index in [2.05, 4.69) is 4.28 Å². The fraction of sp³-hybridized carbons (Fsp3) is 0.556. The van der Waals surface area contributed by atoms with Crippen LogP contribution >= 0.6 is 0 Å². The molecule has 0 aliphatic carbocycles. The molecule has 0 fully saturated rings. The van der Waals surface area contributed by atoms with Gasteiger partial charge in [-0.3, -0.25) is 9.35 Å². The Bertz CT molecular complexity index is 514. The molecule has 10 heteroatoms. The monoisotopic (exact) mass is 293 g/mol. The number of hydrogen-bond acceptors (Lipinski definition) is 5. The lowest BCUT2D eigenvalue weighted by Crippen LogP contribution is -2.56. The highest BCUT2D eigenvalue weighted by atomic mass is 32.3. The van der Waals surface area contributed by atoms with Crippen LogP contribution in [0.2, 0.25) is 0 Å². The van der Waals surface area contributed by atoms with Crippen LogP contribution < -0.4 is 5.73 Å². The Labute approximate surface area is 110 Å². The predicted molar refractivity (Wildman–Crippen MR) is 63.6 cm³/mol. The average molecular weight is 293 g/mol. The number of carbonyl (C=O) groups excluding carboxylic acids is 2. The Morgan fingerprint density at radius 3 is 2.47 bits per heavy atom. The first-order chi connectivity index (χ1) is 8.71. The van der Waals surface area contributed by atoms with Crippen molar-refractivity contribution in [1.82, 2.24) is 9.96 Å². The standard InChI is InChI=1S/C9H15N3O6S/c1-3-6-5-12(18-19(15,16)17)9(14)11(4-2)7(6)8(10)13/h5,7H,3-4H2,1-2H3,(H2,10,13)(H,15,16,17)/t7-/m0/s1. The topological polar surface area (TPSA) is 130 Å². The van der Waals surface area contributed by atoms with E-state index >= 15 is 0 Å². The second-order valence-electron chi connectivity index (χ2n) is 3.76. The van der Waals surface area contributed by atoms with Gasteiger partial charge >= 0.3 is 16.4 Å². The third-order valence-electron chi connectivity index (χ3n) is 2.57. The van der Waals surface area contributed by atoms with E-state index in [4.69, 9.17) is 10.3 Å². The largest absolute Gasteiger partial charge is 0.419 e. The van der Waals surface area contributed by atoms with Crippen LogP contribution in [0.4, 0.5) is 4.79 Å². The summed E-state index contributed by atoms with van der Waals surface area (Å²) in [6.07, 6.45) is 1.39. The molecule has 108 valence electrons. The van der Waals surface area contributed by atoms with Crippen molar-refractivity contribution in [1.29, 1.82) is 0 Å². The summed E-state index contributed by atoms with van der Waals surface area (Å²) in [7, 11) is -4.84. The number of nitrogens with zero attached hydrogens (tertiary/aromatic N) is 2. The Morgan fingerprint density at radius 2 is 2.11 bits per heavy atom. The summed E-state index contributed by atoms with van der Waals surface area (Å²) in [4.78, 5) is 24.3. The molecule has 0 bridgehead atoms. The van der Waals surface area contributed by atoms with Gasteiger partial charge in [-0.2, -0.15) is 13.5 Å². The maximum atomic E-state index is 11.9. The molecule has 0 aromatic heterocycles. The molecule has 3 amide bonds. The van der Waals surface area contributed by atoms with Crippen LogP contribution in [0.5, 0.6) is 0 Å². The van der Waals surface area contributed by atoms with Gasteiger partial charge in [0.25, 0.3) is 0 Å². The second-order valence-corrected chi connectivity index (χ2v) is 4.76. The second kappa shape index (κ2) is 5.55. The van der Waals surface area contributed by atoms with E-state index in [0.29, 0.717) is 17.1 Å². The molecule has 1 aliphatic heterocycles. The molecule has 0 unspecified atom stereocenters. The third kappa shape index (κ3) is 3.43. The molecule has 0 saturated carbocycles. The number of urea groups is 1. The van der Waals surface area contributed by atoms with Crippen molar-refractivity contribution < 1.29 is 26.8 Å². The summed E-state index contributed by atoms with van der Waals surface area (Å²) < 4.78 is 34.0. The van der Waals surface area contributed by atoms with Gasteiger partial charge in [-0.05, 0) is 18.9 Å². The number of nitrogens with two attached hydrogens (primary N) is 1. The van der Waals surface area contributed by atoms with Gasteiger partial charge in [-0.1, -0.05) is 6.92 Å². The number of hydrogen-bond donors (Lipinski definition) is 2. The quantitative estimate of drug-likeness (QED) is 0.665. The van der Waals surface area contributed by atoms with Crippen molar-refractivity contribution in [3.05, 3.63) is 11.8 Å². The van der Waals surface area contributed by atoms with Crippen LogP contribution in [0, 0.1) is 0 Å². The van der Waals surface area contributed by atoms with Gasteiger partial charge in [-0.25, -0.2) is 4.79 Å². The lowest BCUT2D eigenvalue weighted by molar-refractivity contribution is -0.122. The van der Waals surface area contributed by atoms with Crippen LogP contribution in [0.15, 0.2) is 11.8 Å². The van der Waals surface area contributed by atoms with E-state index in [1.54, 1.807) is 13.8 Å². The van der Waals surface area contributed by atoms with Crippen molar-refractivity contribution >= 4 is 22.3 Å². The van der Waals surface area contributed by atoms with Gasteiger partial charge in [-0.15, -0.1) is 4.28 Å². The van der Waals surface area contributed by atoms with Crippen molar-refractivity contribution in [2.75, 3.05) is 6.54 Å². The van der Waals surface area contributed by atoms with E-state index in [0.717, 1.165) is 11.1 Å². The zero-order valence-corrected chi connectivity index (χ0v) is 11.3. The van der Waals surface area contributed by atoms with Crippen molar-refractivity contribution in [2.24, 2.45) is 5.73 Å². The van der Waals surface area contributed by atoms with Crippen LogP contribution in [-0.2, 0) is 19.5 Å². The maximum absolute atomic E-state index is 11.9. The van der Waals surface area contributed by atoms with Crippen molar-refractivity contribution in [3.63, 3.8) is 0 Å². The van der Waals surface area contributed by atoms with Gasteiger partial charge in [0.15, 0.2) is 0 Å². The summed E-state index contributed by atoms with van der Waals surface area (Å²) in [5.41, 5.74) is 5.63. The summed E-state index contributed by atoms with van der Waals surface area (Å²) in [6.45, 7) is 3.42. The number of primary amides is 1. The Hall–Kier alpha value is -1.65. The van der Waals surface area contributed by atoms with Crippen LogP contribution in [0.25, 0.3) is 0 Å². The number of rotatable bonds is 5. The minimum absolute atomic E-state index is 0.120. The summed E-state index contributed by atoms with van der Waals surface area (Å²) in [5, 5.41) is 0.358. The Morgan fingerprint density at radius 1 is 1.53 bits per heavy atom. The molecule has 1 aliphatic rings. The summed E-state index contributed by atoms with van der Waals surface area (Å²) in [5.74, 6) is -0.727. The first kappa shape index (κ1) is 15.4. The molecule has 3 N–H and O–H groups in total. The van der Waals surface area contributed by atoms with Crippen LogP contribution in [0.1, 0.15) is 20.3 Å². The molecule has 0 aromatic rings. The van der Waals surface area contributed by atoms with Crippen LogP contribution in [-0.4, -0.2) is 47.5 Å². The summed E-state index contributed by atoms with van der Waals surface area (Å²) >= 11 is 0. The smallest absolute Gasteiger partial charge is 0.368 e. The van der Waals surface area contributed by atoms with E-state index in [1.807, 2.05) is 0 Å². The normalized spacial score (nSPS) is 20.5. The van der Waals surface area contributed by atoms with Gasteiger partial charge in [0.1, 0.15) is 6.04 Å². The predicted octanol–water partition coefficient (Wildman–Crippen LogP) is -0.374. The maximum Gasteiger partial charge on any atom is 0.419 e. The van der Waals surface area contributed by atoms with E-state index < -0.39 is 28.4 Å². The highest BCUT2D eigenvalue weighted by Crippen LogP contribution is 2.23. The molecule has 1 atom stereocenters. The van der Waals surface area contributed by atoms with E-state index in [9.17, 15) is 18.0 Å². The molecule has 0 saturated heterocycles. The van der Waals surface area contributed by atoms with E-state index in [-0.39, 0.29) is 6.54 Å². The molecule has 0 radical (unpaired) electrons. The SMILES string of the molecule is CCC1=CN(OS(=O)(=O)O)C(=O)N(CC)[C@@H]1C(N)=O. The molecule has 0 spiro atoms. The Kier molecular flexibility index (Phi) is 4.50. The fourth-order valence-electron chi connectivity index (χ4n) is 1.81. The van der Waals surface area contributed by atoms with E-state index in [1.165, 1.54) is 0 Å². The molecule has 1 heterocycles. The number of hydroxylamine groups is 2. The number of carbonyl (C=O) groups is 2. The first-order valence-corrected chi connectivity index (χ1v) is 6.84. The lowest BCUT2D eigenvalue weighted by atomic mass is 10.0. The molecular formula is C9H15N3O6S. The van der Waals surface area contributed by atoms with Crippen molar-refractivity contribution in [3.8, 4) is 0 Å². The van der Waals surface area contributed by atoms with Gasteiger partial charge in [0, 0.05) is 12.7 Å². The highest BCUT2D eigenvalue weighted by Gasteiger charge is 2.38. The number of likely N-dealkylation sites (N-methyl/N-ethyl adjacent to an activating group) is 1. The molecule has 1 rings (SSSR count). The van der Waals surface area contributed by atoms with Crippen LogP contribution in [0.3, 0.4) is 0 Å². The average Bonchev–Trinajstić information content (AvgIpc) is 2.28. The first-order valence-electron chi connectivity index (χ1n) is 5.48. The molecule has 9 nitrogen and oxygen atoms in total. The number of amides is 3. The molecule has 0 aromatic carbocycles. The van der Waals surface area contributed by atoms with Gasteiger partial charge in [0.2, 0.25) is 5.91 Å². The van der Waals surface area contributed by atoms with Crippen molar-refractivity contribution in [2.45, 2.75) is 26.3 Å². The van der Waals surface area contributed by atoms with Gasteiger partial charge < -0.3 is 10.6 Å². The minimum atomic E-state index is -4.84. The zero-order chi connectivity index (χ0) is 14.8. The minimum Gasteiger partial charge on any atom is -0.368 e. The molecular weight excluding hydrogens is 278 g/mol. The lowest BCUT2D eigenvalue weighted by Gasteiger charge is -2.36. The molecule has 19 heavy (non-hydrogen) atoms. The highest BCUT2D eigenvalue weighted by molar-refractivity contribution is 7.80. The zero-order valence-electron chi connectivity index (χ0n) is 10.4. The van der Waals surface area contributed by atoms with Gasteiger partial charge in [0.05, 0.1) is 0 Å². The third-order valence-corrected chi connectivity index (χ3v) is 2.92.